The first-order valence-electron chi connectivity index (χ1n) is 9.70. The number of aryl methyl sites for hydroxylation is 2. The van der Waals surface area contributed by atoms with Crippen LogP contribution in [0.3, 0.4) is 0 Å². The van der Waals surface area contributed by atoms with Crippen LogP contribution in [0.2, 0.25) is 0 Å². The summed E-state index contributed by atoms with van der Waals surface area (Å²) in [6.07, 6.45) is 4.20. The maximum Gasteiger partial charge on any atom is 0.227 e. The molecule has 0 aliphatic heterocycles. The zero-order valence-corrected chi connectivity index (χ0v) is 16.2. The second-order valence-electron chi connectivity index (χ2n) is 6.71. The highest BCUT2D eigenvalue weighted by molar-refractivity contribution is 5.76. The largest absolute Gasteiger partial charge is 0.356 e. The third kappa shape index (κ3) is 4.48. The van der Waals surface area contributed by atoms with Gasteiger partial charge in [-0.3, -0.25) is 9.20 Å². The number of fused-ring (bicyclic) bond motifs is 1. The number of carbonyl (C=O) groups is 1. The number of carbonyl (C=O) groups excluding carboxylic acids is 1. The van der Waals surface area contributed by atoms with Crippen LogP contribution >= 0.6 is 0 Å². The monoisotopic (exact) mass is 390 g/mol. The van der Waals surface area contributed by atoms with E-state index in [0.717, 1.165) is 23.5 Å². The Hall–Kier alpha value is -3.55. The zero-order valence-electron chi connectivity index (χ0n) is 16.2. The number of amides is 1. The molecule has 0 spiro atoms. The van der Waals surface area contributed by atoms with Crippen molar-refractivity contribution in [1.82, 2.24) is 30.1 Å². The predicted octanol–water partition coefficient (Wildman–Crippen LogP) is 2.63. The Morgan fingerprint density at radius 2 is 1.97 bits per heavy atom. The predicted molar refractivity (Wildman–Crippen MR) is 107 cm³/mol. The van der Waals surface area contributed by atoms with Crippen molar-refractivity contribution in [2.45, 2.75) is 32.6 Å². The molecule has 3 heterocycles. The minimum absolute atomic E-state index is 0.0640. The number of nitrogens with one attached hydrogen (secondary N) is 1. The molecule has 0 aliphatic carbocycles. The average Bonchev–Trinajstić information content (AvgIpc) is 3.40. The van der Waals surface area contributed by atoms with Crippen molar-refractivity contribution in [2.24, 2.45) is 0 Å². The molecular formula is C21H22N6O2. The van der Waals surface area contributed by atoms with Crippen molar-refractivity contribution < 1.29 is 9.32 Å². The van der Waals surface area contributed by atoms with E-state index in [1.54, 1.807) is 0 Å². The molecule has 1 amide bonds. The Kier molecular flexibility index (Phi) is 5.60. The Labute approximate surface area is 168 Å². The third-order valence-electron chi connectivity index (χ3n) is 4.71. The van der Waals surface area contributed by atoms with E-state index in [1.807, 2.05) is 40.9 Å². The van der Waals surface area contributed by atoms with Crippen LogP contribution in [0.4, 0.5) is 0 Å². The smallest absolute Gasteiger partial charge is 0.227 e. The van der Waals surface area contributed by atoms with Gasteiger partial charge in [0.1, 0.15) is 5.82 Å². The summed E-state index contributed by atoms with van der Waals surface area (Å²) in [7, 11) is 0. The molecule has 1 aromatic carbocycles. The molecular weight excluding hydrogens is 368 g/mol. The van der Waals surface area contributed by atoms with Crippen molar-refractivity contribution in [3.05, 3.63) is 65.9 Å². The summed E-state index contributed by atoms with van der Waals surface area (Å²) in [5, 5.41) is 15.2. The molecule has 4 rings (SSSR count). The van der Waals surface area contributed by atoms with E-state index >= 15 is 0 Å². The third-order valence-corrected chi connectivity index (χ3v) is 4.71. The maximum absolute atomic E-state index is 12.1. The van der Waals surface area contributed by atoms with Crippen LogP contribution in [0.15, 0.2) is 53.2 Å². The topological polar surface area (TPSA) is 98.2 Å². The highest BCUT2D eigenvalue weighted by Crippen LogP contribution is 2.17. The van der Waals surface area contributed by atoms with Crippen LogP contribution in [-0.2, 0) is 24.1 Å². The summed E-state index contributed by atoms with van der Waals surface area (Å²) in [5.41, 5.74) is 2.96. The molecule has 0 atom stereocenters. The average molecular weight is 390 g/mol. The molecule has 29 heavy (non-hydrogen) atoms. The maximum atomic E-state index is 12.1. The van der Waals surface area contributed by atoms with Crippen LogP contribution < -0.4 is 5.32 Å². The fourth-order valence-corrected chi connectivity index (χ4v) is 3.05. The molecule has 3 aromatic heterocycles. The highest BCUT2D eigenvalue weighted by atomic mass is 16.5. The molecule has 0 radical (unpaired) electrons. The summed E-state index contributed by atoms with van der Waals surface area (Å²) in [6.45, 7) is 2.61. The lowest BCUT2D eigenvalue weighted by Crippen LogP contribution is -2.26. The van der Waals surface area contributed by atoms with Gasteiger partial charge in [0.15, 0.2) is 5.65 Å². The second-order valence-corrected chi connectivity index (χ2v) is 6.71. The number of nitrogens with zero attached hydrogens (tertiary/aromatic N) is 5. The number of pyridine rings is 1. The van der Waals surface area contributed by atoms with Crippen molar-refractivity contribution >= 4 is 11.6 Å². The molecule has 0 saturated heterocycles. The molecule has 0 aliphatic rings. The van der Waals surface area contributed by atoms with E-state index in [0.29, 0.717) is 31.1 Å². The van der Waals surface area contributed by atoms with Gasteiger partial charge in [-0.1, -0.05) is 42.4 Å². The molecule has 0 fully saturated rings. The van der Waals surface area contributed by atoms with Gasteiger partial charge in [-0.25, -0.2) is 0 Å². The Morgan fingerprint density at radius 3 is 2.79 bits per heavy atom. The number of benzene rings is 1. The minimum atomic E-state index is -0.0640. The number of rotatable bonds is 8. The fourth-order valence-electron chi connectivity index (χ4n) is 3.05. The molecule has 8 nitrogen and oxygen atoms in total. The molecule has 4 aromatic rings. The molecule has 0 unspecified atom stereocenters. The molecule has 8 heteroatoms. The van der Waals surface area contributed by atoms with Gasteiger partial charge in [-0.2, -0.15) is 4.98 Å². The summed E-state index contributed by atoms with van der Waals surface area (Å²) >= 11 is 0. The first kappa shape index (κ1) is 18.8. The van der Waals surface area contributed by atoms with E-state index in [4.69, 9.17) is 4.52 Å². The first-order chi connectivity index (χ1) is 14.2. The Balaban J connectivity index is 1.25. The van der Waals surface area contributed by atoms with Gasteiger partial charge in [0.05, 0.1) is 0 Å². The lowest BCUT2D eigenvalue weighted by Gasteiger charge is -2.03. The fraction of sp³-hybridized carbons (Fsp3) is 0.286. The van der Waals surface area contributed by atoms with Crippen LogP contribution in [0.5, 0.6) is 0 Å². The summed E-state index contributed by atoms with van der Waals surface area (Å²) in [4.78, 5) is 16.5. The van der Waals surface area contributed by atoms with Gasteiger partial charge < -0.3 is 9.84 Å². The van der Waals surface area contributed by atoms with Crippen LogP contribution in [0.25, 0.3) is 17.0 Å². The van der Waals surface area contributed by atoms with Crippen molar-refractivity contribution in [3.63, 3.8) is 0 Å². The van der Waals surface area contributed by atoms with Crippen molar-refractivity contribution in [1.29, 1.82) is 0 Å². The Morgan fingerprint density at radius 1 is 1.10 bits per heavy atom. The van der Waals surface area contributed by atoms with Gasteiger partial charge in [0.25, 0.3) is 0 Å². The van der Waals surface area contributed by atoms with E-state index < -0.39 is 0 Å². The zero-order chi connectivity index (χ0) is 20.1. The van der Waals surface area contributed by atoms with Gasteiger partial charge in [-0.05, 0) is 24.1 Å². The SMILES string of the molecule is CCc1ccc(-c2noc(CCC(=O)NCCc3nnc4ccccn34)n2)cc1. The Bertz CT molecular complexity index is 1100. The van der Waals surface area contributed by atoms with Gasteiger partial charge >= 0.3 is 0 Å². The van der Waals surface area contributed by atoms with Gasteiger partial charge in [0, 0.05) is 37.6 Å². The van der Waals surface area contributed by atoms with Crippen LogP contribution in [0.1, 0.15) is 30.6 Å². The number of hydrogen-bond donors (Lipinski definition) is 1. The van der Waals surface area contributed by atoms with Crippen LogP contribution in [-0.4, -0.2) is 37.2 Å². The van der Waals surface area contributed by atoms with Crippen LogP contribution in [0, 0.1) is 0 Å². The molecule has 0 saturated carbocycles. The lowest BCUT2D eigenvalue weighted by atomic mass is 10.1. The quantitative estimate of drug-likeness (QED) is 0.497. The normalized spacial score (nSPS) is 11.1. The van der Waals surface area contributed by atoms with E-state index in [-0.39, 0.29) is 12.3 Å². The number of hydrogen-bond acceptors (Lipinski definition) is 6. The highest BCUT2D eigenvalue weighted by Gasteiger charge is 2.11. The number of aromatic nitrogens is 5. The van der Waals surface area contributed by atoms with Crippen molar-refractivity contribution in [2.75, 3.05) is 6.54 Å². The summed E-state index contributed by atoms with van der Waals surface area (Å²) < 4.78 is 7.19. The lowest BCUT2D eigenvalue weighted by molar-refractivity contribution is -0.121. The van der Waals surface area contributed by atoms with Crippen molar-refractivity contribution in [3.8, 4) is 11.4 Å². The molecule has 1 N–H and O–H groups in total. The van der Waals surface area contributed by atoms with E-state index in [9.17, 15) is 4.79 Å². The first-order valence-corrected chi connectivity index (χ1v) is 9.70. The standard InChI is InChI=1S/C21H22N6O2/c1-2-15-6-8-16(9-7-15)21-23-20(29-26-21)11-10-19(28)22-13-12-18-25-24-17-5-3-4-14-27(17)18/h3-9,14H,2,10-13H2,1H3,(H,22,28). The van der Waals surface area contributed by atoms with E-state index in [1.165, 1.54) is 5.56 Å². The van der Waals surface area contributed by atoms with Gasteiger partial charge in [-0.15, -0.1) is 10.2 Å². The minimum Gasteiger partial charge on any atom is -0.356 e. The molecule has 0 bridgehead atoms. The summed E-state index contributed by atoms with van der Waals surface area (Å²) in [6, 6.07) is 13.8. The molecule has 148 valence electrons. The second kappa shape index (κ2) is 8.64. The van der Waals surface area contributed by atoms with Gasteiger partial charge in [0.2, 0.25) is 17.6 Å². The summed E-state index contributed by atoms with van der Waals surface area (Å²) in [5.74, 6) is 1.75. The van der Waals surface area contributed by atoms with E-state index in [2.05, 4.69) is 44.7 Å².